The Morgan fingerprint density at radius 2 is 2.40 bits per heavy atom. The summed E-state index contributed by atoms with van der Waals surface area (Å²) in [5.41, 5.74) is 0. The van der Waals surface area contributed by atoms with Crippen LogP contribution < -0.4 is 0 Å². The van der Waals surface area contributed by atoms with E-state index >= 15 is 0 Å². The van der Waals surface area contributed by atoms with E-state index in [-0.39, 0.29) is 29.2 Å². The highest BCUT2D eigenvalue weighted by Gasteiger charge is 2.34. The molecular formula is C11H18N4O3S2. The largest absolute Gasteiger partial charge is 0.338 e. The lowest BCUT2D eigenvalue weighted by molar-refractivity contribution is -0.130. The average Bonchev–Trinajstić information content (AvgIpc) is 3.02. The van der Waals surface area contributed by atoms with Crippen molar-refractivity contribution in [1.29, 1.82) is 0 Å². The van der Waals surface area contributed by atoms with Crippen LogP contribution in [0.4, 0.5) is 0 Å². The van der Waals surface area contributed by atoms with Gasteiger partial charge in [-0.2, -0.15) is 5.10 Å². The Labute approximate surface area is 122 Å². The molecule has 1 saturated heterocycles. The van der Waals surface area contributed by atoms with Crippen LogP contribution in [0.15, 0.2) is 11.5 Å². The number of nitrogens with one attached hydrogen (secondary N) is 1. The van der Waals surface area contributed by atoms with Gasteiger partial charge in [0.05, 0.1) is 17.3 Å². The zero-order valence-corrected chi connectivity index (χ0v) is 12.9. The number of carbonyl (C=O) groups is 1. The zero-order valence-electron chi connectivity index (χ0n) is 11.3. The summed E-state index contributed by atoms with van der Waals surface area (Å²) in [6.07, 6.45) is 2.75. The topological polar surface area (TPSA) is 96.0 Å². The number of thioether (sulfide) groups is 1. The molecule has 0 saturated carbocycles. The van der Waals surface area contributed by atoms with E-state index in [0.717, 1.165) is 6.42 Å². The molecule has 2 rings (SSSR count). The van der Waals surface area contributed by atoms with Gasteiger partial charge in [0, 0.05) is 12.6 Å². The first-order valence-electron chi connectivity index (χ1n) is 6.50. The summed E-state index contributed by atoms with van der Waals surface area (Å²) in [6.45, 7) is 2.57. The predicted octanol–water partition coefficient (Wildman–Crippen LogP) is 0.323. The highest BCUT2D eigenvalue weighted by Crippen LogP contribution is 2.20. The van der Waals surface area contributed by atoms with Crippen molar-refractivity contribution in [2.75, 3.05) is 23.8 Å². The molecule has 1 aliphatic rings. The standard InChI is InChI=1S/C11H18N4O3S2/c1-2-4-15(9-3-5-20(17,18)7-9)10(16)6-19-11-12-8-13-14-11/h8-9H,2-7H2,1H3,(H,12,13,14)/t9-/m0/s1. The van der Waals surface area contributed by atoms with E-state index in [1.807, 2.05) is 6.92 Å². The summed E-state index contributed by atoms with van der Waals surface area (Å²) in [4.78, 5) is 17.9. The minimum absolute atomic E-state index is 0.0460. The van der Waals surface area contributed by atoms with E-state index in [2.05, 4.69) is 15.2 Å². The third-order valence-electron chi connectivity index (χ3n) is 3.16. The van der Waals surface area contributed by atoms with Gasteiger partial charge in [0.2, 0.25) is 5.91 Å². The molecule has 0 unspecified atom stereocenters. The second kappa shape index (κ2) is 6.57. The fourth-order valence-electron chi connectivity index (χ4n) is 2.25. The van der Waals surface area contributed by atoms with Crippen LogP contribution in [-0.2, 0) is 14.6 Å². The van der Waals surface area contributed by atoms with Gasteiger partial charge in [-0.15, -0.1) is 0 Å². The minimum atomic E-state index is -2.98. The number of amides is 1. The summed E-state index contributed by atoms with van der Waals surface area (Å²) in [7, 11) is -2.98. The summed E-state index contributed by atoms with van der Waals surface area (Å²) in [6, 6.07) is -0.178. The lowest BCUT2D eigenvalue weighted by atomic mass is 10.2. The van der Waals surface area contributed by atoms with Crippen LogP contribution in [-0.4, -0.2) is 64.3 Å². The van der Waals surface area contributed by atoms with Gasteiger partial charge in [-0.3, -0.25) is 9.89 Å². The van der Waals surface area contributed by atoms with E-state index in [1.54, 1.807) is 4.90 Å². The maximum Gasteiger partial charge on any atom is 0.233 e. The monoisotopic (exact) mass is 318 g/mol. The number of nitrogens with zero attached hydrogens (tertiary/aromatic N) is 3. The average molecular weight is 318 g/mol. The lowest BCUT2D eigenvalue weighted by Gasteiger charge is -2.27. The molecule has 1 N–H and O–H groups in total. The molecular weight excluding hydrogens is 300 g/mol. The number of sulfone groups is 1. The summed E-state index contributed by atoms with van der Waals surface area (Å²) in [5, 5.41) is 6.99. The highest BCUT2D eigenvalue weighted by molar-refractivity contribution is 7.99. The molecule has 1 atom stereocenters. The van der Waals surface area contributed by atoms with E-state index in [0.29, 0.717) is 18.1 Å². The minimum Gasteiger partial charge on any atom is -0.338 e. The van der Waals surface area contributed by atoms with Crippen molar-refractivity contribution >= 4 is 27.5 Å². The van der Waals surface area contributed by atoms with Crippen LogP contribution in [0.2, 0.25) is 0 Å². The number of rotatable bonds is 6. The van der Waals surface area contributed by atoms with Gasteiger partial charge in [-0.25, -0.2) is 13.4 Å². The van der Waals surface area contributed by atoms with Crippen LogP contribution >= 0.6 is 11.8 Å². The first kappa shape index (κ1) is 15.3. The Balaban J connectivity index is 1.95. The maximum atomic E-state index is 12.3. The van der Waals surface area contributed by atoms with Crippen LogP contribution in [0.5, 0.6) is 0 Å². The molecule has 1 fully saturated rings. The van der Waals surface area contributed by atoms with Crippen molar-refractivity contribution in [3.63, 3.8) is 0 Å². The SMILES string of the molecule is CCCN(C(=O)CSc1ncn[nH]1)[C@H]1CCS(=O)(=O)C1. The van der Waals surface area contributed by atoms with Crippen LogP contribution in [0.25, 0.3) is 0 Å². The van der Waals surface area contributed by atoms with Gasteiger partial charge >= 0.3 is 0 Å². The quantitative estimate of drug-likeness (QED) is 0.759. The van der Waals surface area contributed by atoms with Gasteiger partial charge in [0.1, 0.15) is 6.33 Å². The van der Waals surface area contributed by atoms with Crippen LogP contribution in [0.1, 0.15) is 19.8 Å². The Kier molecular flexibility index (Phi) is 5.03. The van der Waals surface area contributed by atoms with E-state index in [9.17, 15) is 13.2 Å². The number of carbonyl (C=O) groups excluding carboxylic acids is 1. The number of hydrogen-bond donors (Lipinski definition) is 1. The third kappa shape index (κ3) is 3.95. The number of H-pyrrole nitrogens is 1. The van der Waals surface area contributed by atoms with Gasteiger partial charge in [0.25, 0.3) is 0 Å². The van der Waals surface area contributed by atoms with Gasteiger partial charge in [-0.1, -0.05) is 18.7 Å². The van der Waals surface area contributed by atoms with Crippen molar-refractivity contribution in [3.05, 3.63) is 6.33 Å². The fourth-order valence-corrected chi connectivity index (χ4v) is 4.65. The van der Waals surface area contributed by atoms with E-state index in [4.69, 9.17) is 0 Å². The molecule has 0 bridgehead atoms. The molecule has 0 radical (unpaired) electrons. The van der Waals surface area contributed by atoms with E-state index < -0.39 is 9.84 Å². The molecule has 1 amide bonds. The molecule has 1 aromatic heterocycles. The molecule has 112 valence electrons. The fraction of sp³-hybridized carbons (Fsp3) is 0.727. The Hall–Kier alpha value is -1.09. The normalized spacial score (nSPS) is 20.9. The van der Waals surface area contributed by atoms with Crippen molar-refractivity contribution in [3.8, 4) is 0 Å². The van der Waals surface area contributed by atoms with Gasteiger partial charge in [0.15, 0.2) is 15.0 Å². The smallest absolute Gasteiger partial charge is 0.233 e. The Morgan fingerprint density at radius 3 is 2.95 bits per heavy atom. The van der Waals surface area contributed by atoms with E-state index in [1.165, 1.54) is 18.1 Å². The summed E-state index contributed by atoms with van der Waals surface area (Å²) >= 11 is 1.28. The molecule has 9 heteroatoms. The molecule has 0 aromatic carbocycles. The predicted molar refractivity (Wildman–Crippen MR) is 76.2 cm³/mol. The van der Waals surface area contributed by atoms with Crippen molar-refractivity contribution in [2.45, 2.75) is 31.0 Å². The molecule has 1 aliphatic heterocycles. The number of aromatic nitrogens is 3. The Morgan fingerprint density at radius 1 is 1.60 bits per heavy atom. The summed E-state index contributed by atoms with van der Waals surface area (Å²) < 4.78 is 23.1. The second-order valence-electron chi connectivity index (χ2n) is 4.72. The molecule has 0 aliphatic carbocycles. The van der Waals surface area contributed by atoms with Gasteiger partial charge in [-0.05, 0) is 12.8 Å². The second-order valence-corrected chi connectivity index (χ2v) is 7.92. The maximum absolute atomic E-state index is 12.3. The molecule has 2 heterocycles. The van der Waals surface area contributed by atoms with Crippen LogP contribution in [0, 0.1) is 0 Å². The van der Waals surface area contributed by atoms with Gasteiger partial charge < -0.3 is 4.90 Å². The Bertz CT molecular complexity index is 544. The lowest BCUT2D eigenvalue weighted by Crippen LogP contribution is -2.42. The molecule has 0 spiro atoms. The van der Waals surface area contributed by atoms with Crippen molar-refractivity contribution < 1.29 is 13.2 Å². The summed E-state index contributed by atoms with van der Waals surface area (Å²) in [5.74, 6) is 0.466. The first-order valence-corrected chi connectivity index (χ1v) is 9.30. The molecule has 7 nitrogen and oxygen atoms in total. The zero-order chi connectivity index (χ0) is 14.6. The molecule has 1 aromatic rings. The number of aromatic amines is 1. The van der Waals surface area contributed by atoms with Crippen LogP contribution in [0.3, 0.4) is 0 Å². The molecule has 20 heavy (non-hydrogen) atoms. The van der Waals surface area contributed by atoms with Crippen molar-refractivity contribution in [1.82, 2.24) is 20.1 Å². The highest BCUT2D eigenvalue weighted by atomic mass is 32.2. The first-order chi connectivity index (χ1) is 9.52. The number of hydrogen-bond acceptors (Lipinski definition) is 6. The third-order valence-corrected chi connectivity index (χ3v) is 5.77. The van der Waals surface area contributed by atoms with Crippen molar-refractivity contribution in [2.24, 2.45) is 0 Å².